The molecule has 76 valence electrons. The fourth-order valence-electron chi connectivity index (χ4n) is 1.89. The highest BCUT2D eigenvalue weighted by atomic mass is 35.5. The molecule has 1 aliphatic carbocycles. The maximum Gasteiger partial charge on any atom is 0.0595 e. The highest BCUT2D eigenvalue weighted by Gasteiger charge is 2.37. The van der Waals surface area contributed by atoms with Crippen molar-refractivity contribution >= 4 is 23.2 Å². The fourth-order valence-corrected chi connectivity index (χ4v) is 2.19. The van der Waals surface area contributed by atoms with Gasteiger partial charge in [-0.2, -0.15) is 0 Å². The first-order valence-corrected chi connectivity index (χ1v) is 5.57. The molecule has 1 N–H and O–H groups in total. The number of halogens is 2. The van der Waals surface area contributed by atoms with Gasteiger partial charge in [-0.1, -0.05) is 29.3 Å². The summed E-state index contributed by atoms with van der Waals surface area (Å²) in [6.45, 7) is 1.09. The molecule has 0 heterocycles. The van der Waals surface area contributed by atoms with Crippen molar-refractivity contribution in [2.24, 2.45) is 5.92 Å². The second-order valence-corrected chi connectivity index (χ2v) is 4.65. The minimum absolute atomic E-state index is 0.640. The van der Waals surface area contributed by atoms with Crippen molar-refractivity contribution in [3.05, 3.63) is 33.8 Å². The standard InChI is InChI=1S/C11H13Cl2N/c1-14-6-8-4-9(8)7-2-3-10(12)11(13)5-7/h2-3,5,8-9,14H,4,6H2,1H3/t8-,9-/m0/s1. The molecule has 1 aliphatic rings. The summed E-state index contributed by atoms with van der Waals surface area (Å²) >= 11 is 11.8. The normalized spacial score (nSPS) is 25.1. The van der Waals surface area contributed by atoms with Crippen molar-refractivity contribution in [3.63, 3.8) is 0 Å². The lowest BCUT2D eigenvalue weighted by atomic mass is 10.1. The van der Waals surface area contributed by atoms with E-state index in [0.29, 0.717) is 16.0 Å². The van der Waals surface area contributed by atoms with Crippen LogP contribution >= 0.6 is 23.2 Å². The average molecular weight is 230 g/mol. The predicted octanol–water partition coefficient (Wildman–Crippen LogP) is 3.32. The molecule has 2 rings (SSSR count). The molecule has 0 aliphatic heterocycles. The Kier molecular flexibility index (Phi) is 3.01. The first kappa shape index (κ1) is 10.3. The van der Waals surface area contributed by atoms with Crippen molar-refractivity contribution < 1.29 is 0 Å². The molecule has 0 radical (unpaired) electrons. The number of hydrogen-bond donors (Lipinski definition) is 1. The third-order valence-corrected chi connectivity index (χ3v) is 3.50. The van der Waals surface area contributed by atoms with Crippen molar-refractivity contribution in [2.45, 2.75) is 12.3 Å². The van der Waals surface area contributed by atoms with Gasteiger partial charge < -0.3 is 5.32 Å². The summed E-state index contributed by atoms with van der Waals surface area (Å²) in [4.78, 5) is 0. The van der Waals surface area contributed by atoms with Crippen LogP contribution in [0.5, 0.6) is 0 Å². The van der Waals surface area contributed by atoms with Crippen LogP contribution in [-0.2, 0) is 0 Å². The van der Waals surface area contributed by atoms with Gasteiger partial charge in [-0.15, -0.1) is 0 Å². The van der Waals surface area contributed by atoms with E-state index < -0.39 is 0 Å². The highest BCUT2D eigenvalue weighted by Crippen LogP contribution is 2.47. The number of hydrogen-bond acceptors (Lipinski definition) is 1. The SMILES string of the molecule is CNC[C@@H]1C[C@H]1c1ccc(Cl)c(Cl)c1. The molecule has 3 heteroatoms. The average Bonchev–Trinajstić information content (AvgIpc) is 2.90. The third-order valence-electron chi connectivity index (χ3n) is 2.76. The minimum atomic E-state index is 0.640. The number of benzene rings is 1. The third kappa shape index (κ3) is 2.05. The van der Waals surface area contributed by atoms with E-state index in [1.54, 1.807) is 0 Å². The van der Waals surface area contributed by atoms with Crippen molar-refractivity contribution in [1.29, 1.82) is 0 Å². The summed E-state index contributed by atoms with van der Waals surface area (Å²) in [6.07, 6.45) is 1.26. The molecule has 0 spiro atoms. The maximum atomic E-state index is 5.96. The second-order valence-electron chi connectivity index (χ2n) is 3.83. The van der Waals surface area contributed by atoms with Crippen LogP contribution in [-0.4, -0.2) is 13.6 Å². The summed E-state index contributed by atoms with van der Waals surface area (Å²) in [7, 11) is 1.99. The van der Waals surface area contributed by atoms with E-state index in [4.69, 9.17) is 23.2 Å². The Labute approximate surface area is 94.4 Å². The fraction of sp³-hybridized carbons (Fsp3) is 0.455. The molecule has 1 saturated carbocycles. The quantitative estimate of drug-likeness (QED) is 0.839. The summed E-state index contributed by atoms with van der Waals surface area (Å²) < 4.78 is 0. The number of nitrogens with one attached hydrogen (secondary N) is 1. The Hall–Kier alpha value is -0.240. The Morgan fingerprint density at radius 2 is 2.14 bits per heavy atom. The molecule has 0 amide bonds. The van der Waals surface area contributed by atoms with E-state index in [9.17, 15) is 0 Å². The van der Waals surface area contributed by atoms with E-state index in [2.05, 4.69) is 11.4 Å². The van der Waals surface area contributed by atoms with Gasteiger partial charge in [0.1, 0.15) is 0 Å². The molecule has 1 aromatic carbocycles. The van der Waals surface area contributed by atoms with E-state index in [1.165, 1.54) is 12.0 Å². The molecule has 0 unspecified atom stereocenters. The molecule has 14 heavy (non-hydrogen) atoms. The first-order chi connectivity index (χ1) is 6.72. The van der Waals surface area contributed by atoms with E-state index in [1.807, 2.05) is 19.2 Å². The van der Waals surface area contributed by atoms with E-state index in [-0.39, 0.29) is 0 Å². The molecule has 1 fully saturated rings. The second kappa shape index (κ2) is 4.09. The van der Waals surface area contributed by atoms with Gasteiger partial charge in [0.25, 0.3) is 0 Å². The van der Waals surface area contributed by atoms with Crippen molar-refractivity contribution in [2.75, 3.05) is 13.6 Å². The van der Waals surface area contributed by atoms with Gasteiger partial charge in [0.15, 0.2) is 0 Å². The van der Waals surface area contributed by atoms with Crippen molar-refractivity contribution in [3.8, 4) is 0 Å². The van der Waals surface area contributed by atoms with Gasteiger partial charge in [0.05, 0.1) is 10.0 Å². The molecule has 1 aromatic rings. The predicted molar refractivity (Wildman–Crippen MR) is 61.2 cm³/mol. The zero-order valence-corrected chi connectivity index (χ0v) is 9.57. The van der Waals surface area contributed by atoms with Crippen LogP contribution in [0.3, 0.4) is 0 Å². The van der Waals surface area contributed by atoms with Crippen LogP contribution in [0.25, 0.3) is 0 Å². The Balaban J connectivity index is 2.08. The lowest BCUT2D eigenvalue weighted by molar-refractivity contribution is 0.698. The molecule has 2 atom stereocenters. The highest BCUT2D eigenvalue weighted by molar-refractivity contribution is 6.42. The van der Waals surface area contributed by atoms with Crippen LogP contribution < -0.4 is 5.32 Å². The van der Waals surface area contributed by atoms with Gasteiger partial charge in [-0.05, 0) is 49.5 Å². The van der Waals surface area contributed by atoms with Crippen LogP contribution in [0.15, 0.2) is 18.2 Å². The number of rotatable bonds is 3. The lowest BCUT2D eigenvalue weighted by Gasteiger charge is -2.02. The summed E-state index contributed by atoms with van der Waals surface area (Å²) in [5.41, 5.74) is 1.32. The molecular formula is C11H13Cl2N. The molecule has 0 bridgehead atoms. The first-order valence-electron chi connectivity index (χ1n) is 4.82. The van der Waals surface area contributed by atoms with Crippen LogP contribution in [0.1, 0.15) is 17.9 Å². The Bertz CT molecular complexity index is 338. The van der Waals surface area contributed by atoms with Gasteiger partial charge in [-0.3, -0.25) is 0 Å². The molecule has 0 saturated heterocycles. The maximum absolute atomic E-state index is 5.96. The van der Waals surface area contributed by atoms with Gasteiger partial charge >= 0.3 is 0 Å². The Morgan fingerprint density at radius 3 is 2.79 bits per heavy atom. The zero-order chi connectivity index (χ0) is 10.1. The summed E-state index contributed by atoms with van der Waals surface area (Å²) in [6, 6.07) is 5.95. The van der Waals surface area contributed by atoms with Crippen LogP contribution in [0, 0.1) is 5.92 Å². The van der Waals surface area contributed by atoms with Gasteiger partial charge in [0.2, 0.25) is 0 Å². The monoisotopic (exact) mass is 229 g/mol. The summed E-state index contributed by atoms with van der Waals surface area (Å²) in [5, 5.41) is 4.50. The smallest absolute Gasteiger partial charge is 0.0595 e. The van der Waals surface area contributed by atoms with Gasteiger partial charge in [0, 0.05) is 0 Å². The van der Waals surface area contributed by atoms with Crippen LogP contribution in [0.4, 0.5) is 0 Å². The minimum Gasteiger partial charge on any atom is -0.319 e. The van der Waals surface area contributed by atoms with E-state index >= 15 is 0 Å². The molecule has 1 nitrogen and oxygen atoms in total. The Morgan fingerprint density at radius 1 is 1.36 bits per heavy atom. The molecule has 0 aromatic heterocycles. The van der Waals surface area contributed by atoms with Gasteiger partial charge in [-0.25, -0.2) is 0 Å². The zero-order valence-electron chi connectivity index (χ0n) is 8.06. The van der Waals surface area contributed by atoms with Crippen LogP contribution in [0.2, 0.25) is 10.0 Å². The molecular weight excluding hydrogens is 217 g/mol. The summed E-state index contributed by atoms with van der Waals surface area (Å²) in [5.74, 6) is 1.45. The lowest BCUT2D eigenvalue weighted by Crippen LogP contribution is -2.10. The van der Waals surface area contributed by atoms with Crippen molar-refractivity contribution in [1.82, 2.24) is 5.32 Å². The van der Waals surface area contributed by atoms with E-state index in [0.717, 1.165) is 12.5 Å². The topological polar surface area (TPSA) is 12.0 Å². The largest absolute Gasteiger partial charge is 0.319 e.